The number of carbonyl (C=O) groups is 2. The lowest BCUT2D eigenvalue weighted by Gasteiger charge is -2.64. The van der Waals surface area contributed by atoms with Crippen LogP contribution >= 0.6 is 0 Å². The Hall–Kier alpha value is -6.78. The summed E-state index contributed by atoms with van der Waals surface area (Å²) in [4.78, 5) is 29.5. The van der Waals surface area contributed by atoms with Crippen LogP contribution in [-0.4, -0.2) is 60.7 Å². The molecule has 5 aliphatic rings. The number of fused-ring (bicyclic) bond motifs is 5. The van der Waals surface area contributed by atoms with Gasteiger partial charge >= 0.3 is 11.9 Å². The van der Waals surface area contributed by atoms with Crippen LogP contribution in [0.1, 0.15) is 115 Å². The molecule has 0 unspecified atom stereocenters. The first-order valence-corrected chi connectivity index (χ1v) is 26.4. The molecule has 378 valence electrons. The second-order valence-electron chi connectivity index (χ2n) is 21.7. The van der Waals surface area contributed by atoms with Crippen molar-refractivity contribution in [3.05, 3.63) is 154 Å². The molecule has 0 aromatic heterocycles. The molecule has 0 aliphatic heterocycles. The van der Waals surface area contributed by atoms with Gasteiger partial charge < -0.3 is 39.6 Å². The van der Waals surface area contributed by atoms with E-state index in [0.29, 0.717) is 43.7 Å². The molecule has 10 heteroatoms. The summed E-state index contributed by atoms with van der Waals surface area (Å²) < 4.78 is 25.4. The van der Waals surface area contributed by atoms with Crippen molar-refractivity contribution >= 4 is 28.8 Å². The zero-order valence-corrected chi connectivity index (χ0v) is 42.4. The molecule has 0 spiro atoms. The van der Waals surface area contributed by atoms with Gasteiger partial charge in [-0.15, -0.1) is 0 Å². The number of ether oxygens (including phenoxy) is 4. The van der Waals surface area contributed by atoms with Crippen molar-refractivity contribution in [2.75, 3.05) is 21.3 Å². The van der Waals surface area contributed by atoms with Crippen LogP contribution < -0.4 is 14.8 Å². The van der Waals surface area contributed by atoms with Crippen LogP contribution in [0, 0.1) is 23.2 Å². The Bertz CT molecular complexity index is 3100. The molecule has 73 heavy (non-hydrogen) atoms. The topological polar surface area (TPSA) is 144 Å². The van der Waals surface area contributed by atoms with Gasteiger partial charge in [0.05, 0.1) is 19.6 Å². The lowest BCUT2D eigenvalue weighted by atomic mass is 9.40. The van der Waals surface area contributed by atoms with E-state index in [1.54, 1.807) is 20.3 Å². The maximum atomic E-state index is 15.8. The van der Waals surface area contributed by atoms with Crippen LogP contribution in [0.3, 0.4) is 0 Å². The zero-order valence-electron chi connectivity index (χ0n) is 42.4. The minimum Gasteiger partial charge on any atom is -0.508 e. The molecule has 3 saturated carbocycles. The van der Waals surface area contributed by atoms with Crippen LogP contribution in [0.5, 0.6) is 28.7 Å². The Balaban J connectivity index is 1.07. The van der Waals surface area contributed by atoms with E-state index in [4.69, 9.17) is 18.9 Å². The number of carbonyl (C=O) groups excluding carboxylic acids is 2. The van der Waals surface area contributed by atoms with Crippen LogP contribution in [0.15, 0.2) is 115 Å². The molecule has 6 aromatic carbocycles. The van der Waals surface area contributed by atoms with E-state index in [1.807, 2.05) is 67.7 Å². The summed E-state index contributed by atoms with van der Waals surface area (Å²) in [5.74, 6) is 0.177. The normalized spacial score (nSPS) is 25.8. The van der Waals surface area contributed by atoms with E-state index in [0.717, 1.165) is 99.4 Å². The largest absolute Gasteiger partial charge is 0.508 e. The van der Waals surface area contributed by atoms with Gasteiger partial charge in [-0.3, -0.25) is 9.59 Å². The Labute approximate surface area is 428 Å². The van der Waals surface area contributed by atoms with Gasteiger partial charge in [0.2, 0.25) is 0 Å². The summed E-state index contributed by atoms with van der Waals surface area (Å²) >= 11 is 0. The van der Waals surface area contributed by atoms with Gasteiger partial charge in [0, 0.05) is 31.2 Å². The quantitative estimate of drug-likeness (QED) is 0.0926. The Kier molecular flexibility index (Phi) is 13.0. The summed E-state index contributed by atoms with van der Waals surface area (Å²) in [5, 5.41) is 38.9. The Morgan fingerprint density at radius 3 is 2.29 bits per heavy atom. The van der Waals surface area contributed by atoms with Gasteiger partial charge in [-0.25, -0.2) is 0 Å². The number of benzene rings is 6. The monoisotopic (exact) mass is 981 g/mol. The molecule has 0 bridgehead atoms. The van der Waals surface area contributed by atoms with E-state index in [2.05, 4.69) is 59.9 Å². The number of methoxy groups -OCH3 is 2. The van der Waals surface area contributed by atoms with Gasteiger partial charge in [-0.2, -0.15) is 0 Å². The molecule has 6 aromatic rings. The molecule has 0 amide bonds. The lowest BCUT2D eigenvalue weighted by molar-refractivity contribution is -0.173. The number of allylic oxidation sites excluding steroid dienone is 1. The predicted octanol–water partition coefficient (Wildman–Crippen LogP) is 12.2. The molecular weight excluding hydrogens is 915 g/mol. The van der Waals surface area contributed by atoms with Gasteiger partial charge in [-0.1, -0.05) is 92.1 Å². The second-order valence-corrected chi connectivity index (χ2v) is 21.7. The summed E-state index contributed by atoms with van der Waals surface area (Å²) in [6, 6.07) is 36.3. The highest BCUT2D eigenvalue weighted by molar-refractivity contribution is 5.99. The average Bonchev–Trinajstić information content (AvgIpc) is 3.39. The average molecular weight is 982 g/mol. The Morgan fingerprint density at radius 1 is 0.753 bits per heavy atom. The van der Waals surface area contributed by atoms with Gasteiger partial charge in [0.15, 0.2) is 23.0 Å². The first-order valence-electron chi connectivity index (χ1n) is 26.4. The van der Waals surface area contributed by atoms with E-state index in [1.165, 1.54) is 6.92 Å². The summed E-state index contributed by atoms with van der Waals surface area (Å²) in [6.45, 7) is 2.18. The fourth-order valence-electron chi connectivity index (χ4n) is 14.9. The van der Waals surface area contributed by atoms with E-state index in [-0.39, 0.29) is 65.2 Å². The molecular formula is C63H67NO9. The van der Waals surface area contributed by atoms with Crippen molar-refractivity contribution in [3.8, 4) is 39.9 Å². The summed E-state index contributed by atoms with van der Waals surface area (Å²) in [5.41, 5.74) is 7.70. The highest BCUT2D eigenvalue weighted by Crippen LogP contribution is 2.70. The minimum absolute atomic E-state index is 0.0273. The van der Waals surface area contributed by atoms with E-state index < -0.39 is 23.0 Å². The summed E-state index contributed by atoms with van der Waals surface area (Å²) in [7, 11) is 5.08. The number of phenolic OH excluding ortho intramolecular Hbond substituents is 3. The molecule has 11 rings (SSSR count). The van der Waals surface area contributed by atoms with E-state index in [9.17, 15) is 20.1 Å². The highest BCUT2D eigenvalue weighted by atomic mass is 16.6. The molecule has 3 fully saturated rings. The number of hydrogen-bond acceptors (Lipinski definition) is 10. The third-order valence-electron chi connectivity index (χ3n) is 17.8. The van der Waals surface area contributed by atoms with Gasteiger partial charge in [0.25, 0.3) is 0 Å². The van der Waals surface area contributed by atoms with Crippen LogP contribution in [0.25, 0.3) is 28.0 Å². The number of rotatable bonds is 11. The fraction of sp³-hybridized carbons (Fsp3) is 0.397. The molecule has 0 saturated heterocycles. The first kappa shape index (κ1) is 48.5. The number of esters is 2. The number of nitrogens with one attached hydrogen (secondary N) is 1. The van der Waals surface area contributed by atoms with Crippen LogP contribution in [0.2, 0.25) is 0 Å². The molecule has 4 N–H and O–H groups in total. The minimum atomic E-state index is -0.947. The van der Waals surface area contributed by atoms with Crippen molar-refractivity contribution < 1.29 is 43.9 Å². The number of hydrogen-bond donors (Lipinski definition) is 4. The molecule has 8 atom stereocenters. The van der Waals surface area contributed by atoms with Crippen molar-refractivity contribution in [3.63, 3.8) is 0 Å². The predicted molar refractivity (Wildman–Crippen MR) is 283 cm³/mol. The van der Waals surface area contributed by atoms with Crippen molar-refractivity contribution in [1.82, 2.24) is 5.32 Å². The van der Waals surface area contributed by atoms with Crippen LogP contribution in [0.4, 0.5) is 0 Å². The fourth-order valence-corrected chi connectivity index (χ4v) is 14.9. The maximum absolute atomic E-state index is 15.8. The third-order valence-corrected chi connectivity index (χ3v) is 17.8. The SMILES string of the molecule is CNCc1cccc(-c2cc(O)cc3ccc(C4(C(=O)O[C@H]5C[C@@H]6c7cc(OC)c(O)cc7C[C@H]7CC[C@H]8c9cc(O)c(OC)cc9C[C@H]([C@H](OC(C)=O)C5)[C@]8(/C=C/c5ccccc5)[C@H]76)CCCCC4)cc23)c1. The highest BCUT2D eigenvalue weighted by Gasteiger charge is 2.64. The molecule has 0 heterocycles. The maximum Gasteiger partial charge on any atom is 0.316 e. The second kappa shape index (κ2) is 19.6. The molecule has 5 aliphatic carbocycles. The number of aromatic hydroxyl groups is 3. The van der Waals surface area contributed by atoms with E-state index >= 15 is 4.79 Å². The van der Waals surface area contributed by atoms with Gasteiger partial charge in [0.1, 0.15) is 18.0 Å². The van der Waals surface area contributed by atoms with Crippen molar-refractivity contribution in [2.45, 2.75) is 114 Å². The standard InChI is InChI=1S/C63H67NO9/c1-37(65)72-57-33-47(73-61(69)62(21-9-6-10-22-62)45-18-16-41-26-46(66)31-49(48(41)30-45)40-15-11-14-39(24-40)36-64-2)32-52-50-35-59(71-4)55(67)28-43(50)25-42-17-19-53-51-34-56(68)58(70-3)29-44(51)27-54(57)63(53,60(42)52)23-20-38-12-7-5-8-13-38/h5,7-8,11-16,18,20,23-24,26,28-31,34-35,42,47,52-54,57,60,64,66-68H,6,9-10,17,19,21-22,25,27,32-33,36H2,1-4H3/b23-20+/t42-,47+,52-,53+,54-,57-,60-,63-/m1/s1. The first-order chi connectivity index (χ1) is 35.4. The zero-order chi connectivity index (χ0) is 50.6. The number of phenols is 3. The molecule has 10 nitrogen and oxygen atoms in total. The summed E-state index contributed by atoms with van der Waals surface area (Å²) in [6.07, 6.45) is 11.1. The van der Waals surface area contributed by atoms with Gasteiger partial charge in [-0.05, 0) is 185 Å². The Morgan fingerprint density at radius 2 is 1.52 bits per heavy atom. The van der Waals surface area contributed by atoms with Crippen LogP contribution in [-0.2, 0) is 43.9 Å². The van der Waals surface area contributed by atoms with Crippen molar-refractivity contribution in [1.29, 1.82) is 0 Å². The molecule has 0 radical (unpaired) electrons. The lowest BCUT2D eigenvalue weighted by Crippen LogP contribution is -2.59. The smallest absolute Gasteiger partial charge is 0.316 e. The third kappa shape index (κ3) is 8.59. The van der Waals surface area contributed by atoms with Crippen molar-refractivity contribution in [2.24, 2.45) is 23.2 Å².